The van der Waals surface area contributed by atoms with E-state index < -0.39 is 33.7 Å². The molecule has 7 rings (SSSR count). The Morgan fingerprint density at radius 2 is 1.22 bits per heavy atom. The van der Waals surface area contributed by atoms with Crippen molar-refractivity contribution in [1.29, 1.82) is 0 Å². The van der Waals surface area contributed by atoms with Crippen LogP contribution in [0.1, 0.15) is 43.6 Å². The third-order valence-electron chi connectivity index (χ3n) is 8.05. The Labute approximate surface area is 223 Å². The van der Waals surface area contributed by atoms with E-state index in [2.05, 4.69) is 65.6 Å². The average Bonchev–Trinajstić information content (AvgIpc) is 3.48. The standard InChI is InChI=1S/C31H25GeNO2Te/c34-30-22-10-2-3-11-23(22)31(35)24(30)20-21-16-17-29(36-21)33-27-14-6-4-12-25(27)32(18-8-1-9-19-32)26-13-5-7-15-28(26)33/h2-7,10-17,20H,1,8-9,18-19H2. The molecule has 1 aliphatic carbocycles. The van der Waals surface area contributed by atoms with Gasteiger partial charge in [0.25, 0.3) is 0 Å². The van der Waals surface area contributed by atoms with Gasteiger partial charge in [-0.05, 0) is 0 Å². The van der Waals surface area contributed by atoms with Gasteiger partial charge in [0.1, 0.15) is 0 Å². The van der Waals surface area contributed by atoms with Crippen LogP contribution in [0.25, 0.3) is 6.08 Å². The number of rotatable bonds is 2. The molecule has 3 heterocycles. The predicted octanol–water partition coefficient (Wildman–Crippen LogP) is 5.74. The van der Waals surface area contributed by atoms with Gasteiger partial charge in [0.05, 0.1) is 0 Å². The van der Waals surface area contributed by atoms with Gasteiger partial charge in [-0.1, -0.05) is 0 Å². The SMILES string of the molecule is O=C1C(=Cc2ccc(N3c4cccc[c]4[Ge]4([CH2]CCC[CH2]4)[c]4ccccc43)[te]2)C(=O)c2ccccc21. The molecule has 0 saturated carbocycles. The fraction of sp³-hybridized carbons (Fsp3) is 0.161. The van der Waals surface area contributed by atoms with Crippen molar-refractivity contribution in [2.75, 3.05) is 4.90 Å². The molecule has 1 saturated heterocycles. The van der Waals surface area contributed by atoms with Crippen LogP contribution in [0, 0.1) is 0 Å². The molecular formula is C31H25GeNO2Te. The first-order valence-electron chi connectivity index (χ1n) is 12.7. The summed E-state index contributed by atoms with van der Waals surface area (Å²) in [5, 5.41) is 2.77. The van der Waals surface area contributed by atoms with Crippen molar-refractivity contribution in [3.05, 3.63) is 105 Å². The predicted molar refractivity (Wildman–Crippen MR) is 150 cm³/mol. The van der Waals surface area contributed by atoms with E-state index >= 15 is 0 Å². The Hall–Kier alpha value is -2.65. The Bertz CT molecular complexity index is 1490. The number of ketones is 2. The summed E-state index contributed by atoms with van der Waals surface area (Å²) in [6, 6.07) is 29.8. The van der Waals surface area contributed by atoms with Crippen molar-refractivity contribution in [2.45, 2.75) is 29.8 Å². The molecule has 36 heavy (non-hydrogen) atoms. The van der Waals surface area contributed by atoms with E-state index in [1.165, 1.54) is 44.8 Å². The quantitative estimate of drug-likeness (QED) is 0.159. The van der Waals surface area contributed by atoms with Crippen LogP contribution in [0.5, 0.6) is 0 Å². The molecule has 5 heteroatoms. The molecule has 1 spiro atoms. The number of hydrogen-bond donors (Lipinski definition) is 0. The molecule has 0 amide bonds. The zero-order valence-corrected chi connectivity index (χ0v) is 24.3. The van der Waals surface area contributed by atoms with Crippen molar-refractivity contribution in [3.63, 3.8) is 0 Å². The number of para-hydroxylation sites is 2. The van der Waals surface area contributed by atoms with Gasteiger partial charge in [0, 0.05) is 0 Å². The Morgan fingerprint density at radius 1 is 0.667 bits per heavy atom. The van der Waals surface area contributed by atoms with Crippen molar-refractivity contribution >= 4 is 75.2 Å². The second-order valence-electron chi connectivity index (χ2n) is 9.95. The van der Waals surface area contributed by atoms with Gasteiger partial charge < -0.3 is 0 Å². The summed E-state index contributed by atoms with van der Waals surface area (Å²) in [5.74, 6) is -0.281. The third-order valence-corrected chi connectivity index (χ3v) is 22.1. The van der Waals surface area contributed by atoms with Gasteiger partial charge in [0.15, 0.2) is 0 Å². The van der Waals surface area contributed by atoms with Crippen LogP contribution in [-0.2, 0) is 0 Å². The van der Waals surface area contributed by atoms with Gasteiger partial charge in [-0.25, -0.2) is 0 Å². The summed E-state index contributed by atoms with van der Waals surface area (Å²) < 4.78 is 5.73. The number of fused-ring (bicyclic) bond motifs is 5. The van der Waals surface area contributed by atoms with Crippen LogP contribution >= 0.6 is 0 Å². The number of allylic oxidation sites excluding steroid dienone is 1. The zero-order valence-electron chi connectivity index (χ0n) is 19.9. The fourth-order valence-corrected chi connectivity index (χ4v) is 20.8. The second kappa shape index (κ2) is 8.73. The number of carbonyl (C=O) groups is 2. The molecule has 0 unspecified atom stereocenters. The number of Topliss-reactive ketones (excluding diaryl/α,β-unsaturated/α-hetero) is 2. The van der Waals surface area contributed by atoms with Crippen LogP contribution in [0.4, 0.5) is 15.1 Å². The van der Waals surface area contributed by atoms with E-state index in [-0.39, 0.29) is 11.6 Å². The monoisotopic (exact) mass is 647 g/mol. The van der Waals surface area contributed by atoms with E-state index in [0.29, 0.717) is 16.7 Å². The molecule has 1 aromatic heterocycles. The molecule has 2 aliphatic heterocycles. The molecule has 3 nitrogen and oxygen atoms in total. The first-order valence-corrected chi connectivity index (χ1v) is 20.1. The van der Waals surface area contributed by atoms with E-state index in [1.807, 2.05) is 18.2 Å². The summed E-state index contributed by atoms with van der Waals surface area (Å²) in [5.41, 5.74) is 4.13. The van der Waals surface area contributed by atoms with Gasteiger partial charge in [0.2, 0.25) is 0 Å². The van der Waals surface area contributed by atoms with Crippen LogP contribution in [-0.4, -0.2) is 45.3 Å². The zero-order chi connectivity index (χ0) is 24.3. The summed E-state index contributed by atoms with van der Waals surface area (Å²) >= 11 is -3.20. The third kappa shape index (κ3) is 3.31. The van der Waals surface area contributed by atoms with Crippen molar-refractivity contribution < 1.29 is 9.59 Å². The number of hydrogen-bond acceptors (Lipinski definition) is 3. The van der Waals surface area contributed by atoms with Gasteiger partial charge >= 0.3 is 225 Å². The number of benzene rings is 3. The maximum absolute atomic E-state index is 13.0. The summed E-state index contributed by atoms with van der Waals surface area (Å²) in [7, 11) is 0. The second-order valence-corrected chi connectivity index (χ2v) is 22.0. The van der Waals surface area contributed by atoms with Crippen molar-refractivity contribution in [1.82, 2.24) is 0 Å². The minimum absolute atomic E-state index is 0.140. The van der Waals surface area contributed by atoms with Crippen LogP contribution in [0.15, 0.2) is 90.5 Å². The number of anilines is 3. The molecule has 3 aromatic carbocycles. The minimum atomic E-state index is -2.43. The fourth-order valence-electron chi connectivity index (χ4n) is 6.44. The molecule has 0 N–H and O–H groups in total. The molecule has 176 valence electrons. The molecular weight excluding hydrogens is 619 g/mol. The summed E-state index contributed by atoms with van der Waals surface area (Å²) in [6.45, 7) is 0. The van der Waals surface area contributed by atoms with Gasteiger partial charge in [-0.3, -0.25) is 0 Å². The average molecular weight is 644 g/mol. The molecule has 4 aromatic rings. The first-order chi connectivity index (χ1) is 17.7. The van der Waals surface area contributed by atoms with E-state index in [0.717, 1.165) is 3.58 Å². The van der Waals surface area contributed by atoms with E-state index in [9.17, 15) is 9.59 Å². The maximum atomic E-state index is 13.0. The summed E-state index contributed by atoms with van der Waals surface area (Å²) in [4.78, 5) is 28.4. The van der Waals surface area contributed by atoms with E-state index in [1.54, 1.807) is 20.9 Å². The molecule has 1 fully saturated rings. The number of carbonyl (C=O) groups excluding carboxylic acids is 2. The Balaban J connectivity index is 1.34. The summed E-state index contributed by atoms with van der Waals surface area (Å²) in [6.07, 6.45) is 5.94. The molecule has 0 bridgehead atoms. The van der Waals surface area contributed by atoms with Crippen LogP contribution in [0.3, 0.4) is 0 Å². The molecule has 0 radical (unpaired) electrons. The topological polar surface area (TPSA) is 37.4 Å². The van der Waals surface area contributed by atoms with Gasteiger partial charge in [-0.2, -0.15) is 0 Å². The van der Waals surface area contributed by atoms with Crippen molar-refractivity contribution in [3.8, 4) is 0 Å². The van der Waals surface area contributed by atoms with Gasteiger partial charge in [-0.15, -0.1) is 0 Å². The first kappa shape index (κ1) is 22.5. The molecule has 0 atom stereocenters. The Kier molecular flexibility index (Phi) is 5.47. The Morgan fingerprint density at radius 3 is 1.83 bits per heavy atom. The van der Waals surface area contributed by atoms with Crippen LogP contribution in [0.2, 0.25) is 10.5 Å². The van der Waals surface area contributed by atoms with Crippen molar-refractivity contribution in [2.24, 2.45) is 0 Å². The van der Waals surface area contributed by atoms with Crippen LogP contribution < -0.4 is 13.7 Å². The number of nitrogens with zero attached hydrogens (tertiary/aromatic N) is 1. The van der Waals surface area contributed by atoms with E-state index in [4.69, 9.17) is 0 Å². The molecule has 3 aliphatic rings. The normalized spacial score (nSPS) is 17.7.